The van der Waals surface area contributed by atoms with E-state index >= 15 is 0 Å². The summed E-state index contributed by atoms with van der Waals surface area (Å²) in [4.78, 5) is 38.4. The van der Waals surface area contributed by atoms with Crippen LogP contribution < -0.4 is 10.6 Å². The van der Waals surface area contributed by atoms with Crippen LogP contribution in [0.15, 0.2) is 97.8 Å². The zero-order valence-electron chi connectivity index (χ0n) is 21.9. The van der Waals surface area contributed by atoms with Crippen LogP contribution in [0.3, 0.4) is 0 Å². The molecule has 0 aliphatic rings. The Hall–Kier alpha value is -5.82. The highest BCUT2D eigenvalue weighted by Crippen LogP contribution is 2.35. The normalized spacial score (nSPS) is 10.5. The predicted octanol–water partition coefficient (Wildman–Crippen LogP) is 4.66. The smallest absolute Gasteiger partial charge is 0.256 e. The molecule has 2 amide bonds. The maximum absolute atomic E-state index is 13.0. The first kappa shape index (κ1) is 26.8. The number of para-hydroxylation sites is 1. The minimum atomic E-state index is -0.472. The minimum absolute atomic E-state index is 0.00844. The van der Waals surface area contributed by atoms with Crippen molar-refractivity contribution < 1.29 is 14.7 Å². The number of nitriles is 1. The molecule has 0 aliphatic heterocycles. The summed E-state index contributed by atoms with van der Waals surface area (Å²) in [6, 6.07) is 20.5. The third kappa shape index (κ3) is 6.26. The number of phenolic OH excluding ortho intramolecular Hbond substituents is 1. The average molecular weight is 544 g/mol. The lowest BCUT2D eigenvalue weighted by Gasteiger charge is -2.15. The van der Waals surface area contributed by atoms with Crippen molar-refractivity contribution in [3.05, 3.63) is 115 Å². The number of amides is 2. The standard InChI is InChI=1S/C31H25N7O3/c32-19-26-25(22-5-3-6-23(17-22)30(40)35-11-4-15-38-16-14-34-20-38)18-27(24-7-1-2-8-28(24)39)36-29(26)37-31(41)21-9-12-33-13-10-21/h1-3,5-10,12-14,16-18,20,39H,4,11,15H2,(H,35,40)(H,36,37,41). The summed E-state index contributed by atoms with van der Waals surface area (Å²) in [5.74, 6) is -0.705. The molecule has 0 spiro atoms. The second kappa shape index (κ2) is 12.4. The molecule has 5 rings (SSSR count). The van der Waals surface area contributed by atoms with Gasteiger partial charge in [0.1, 0.15) is 17.4 Å². The van der Waals surface area contributed by atoms with Gasteiger partial charge < -0.3 is 20.3 Å². The number of carbonyl (C=O) groups excluding carboxylic acids is 2. The molecule has 0 fully saturated rings. The molecule has 0 aliphatic carbocycles. The number of carbonyl (C=O) groups is 2. The first-order valence-corrected chi connectivity index (χ1v) is 12.8. The van der Waals surface area contributed by atoms with Crippen LogP contribution in [0.2, 0.25) is 0 Å². The van der Waals surface area contributed by atoms with Gasteiger partial charge in [0.2, 0.25) is 0 Å². The van der Waals surface area contributed by atoms with Crippen LogP contribution in [0.5, 0.6) is 5.75 Å². The average Bonchev–Trinajstić information content (AvgIpc) is 3.53. The number of hydrogen-bond acceptors (Lipinski definition) is 7. The summed E-state index contributed by atoms with van der Waals surface area (Å²) >= 11 is 0. The van der Waals surface area contributed by atoms with Crippen molar-refractivity contribution in [1.29, 1.82) is 5.26 Å². The van der Waals surface area contributed by atoms with Crippen molar-refractivity contribution >= 4 is 17.6 Å². The summed E-state index contributed by atoms with van der Waals surface area (Å²) in [6.45, 7) is 1.20. The predicted molar refractivity (Wildman–Crippen MR) is 153 cm³/mol. The van der Waals surface area contributed by atoms with E-state index < -0.39 is 5.91 Å². The van der Waals surface area contributed by atoms with Gasteiger partial charge in [-0.15, -0.1) is 0 Å². The van der Waals surface area contributed by atoms with Gasteiger partial charge in [-0.05, 0) is 54.4 Å². The number of pyridine rings is 2. The number of phenols is 1. The van der Waals surface area contributed by atoms with Crippen molar-refractivity contribution in [3.8, 4) is 34.2 Å². The summed E-state index contributed by atoms with van der Waals surface area (Å²) in [5, 5.41) is 26.4. The minimum Gasteiger partial charge on any atom is -0.507 e. The molecular formula is C31H25N7O3. The lowest BCUT2D eigenvalue weighted by Crippen LogP contribution is -2.25. The molecule has 3 N–H and O–H groups in total. The molecule has 0 bridgehead atoms. The lowest BCUT2D eigenvalue weighted by atomic mass is 9.96. The summed E-state index contributed by atoms with van der Waals surface area (Å²) < 4.78 is 1.94. The Morgan fingerprint density at radius 3 is 2.49 bits per heavy atom. The summed E-state index contributed by atoms with van der Waals surface area (Å²) in [5.41, 5.74) is 2.65. The Bertz CT molecular complexity index is 1730. The van der Waals surface area contributed by atoms with Gasteiger partial charge in [-0.1, -0.05) is 24.3 Å². The SMILES string of the molecule is N#Cc1c(-c2cccc(C(=O)NCCCn3ccnc3)c2)cc(-c2ccccc2O)nc1NC(=O)c1ccncc1. The van der Waals surface area contributed by atoms with Gasteiger partial charge in [0, 0.05) is 60.1 Å². The highest BCUT2D eigenvalue weighted by Gasteiger charge is 2.20. The Kier molecular flexibility index (Phi) is 8.07. The van der Waals surface area contributed by atoms with Crippen molar-refractivity contribution in [2.24, 2.45) is 0 Å². The molecule has 202 valence electrons. The third-order valence-corrected chi connectivity index (χ3v) is 6.36. The molecule has 3 heterocycles. The van der Waals surface area contributed by atoms with Gasteiger partial charge in [0.05, 0.1) is 12.0 Å². The number of anilines is 1. The van der Waals surface area contributed by atoms with Crippen LogP contribution in [0, 0.1) is 11.3 Å². The fraction of sp³-hybridized carbons (Fsp3) is 0.0968. The lowest BCUT2D eigenvalue weighted by molar-refractivity contribution is 0.0952. The van der Waals surface area contributed by atoms with Crippen molar-refractivity contribution in [2.75, 3.05) is 11.9 Å². The molecule has 0 atom stereocenters. The number of aryl methyl sites for hydroxylation is 1. The van der Waals surface area contributed by atoms with E-state index in [-0.39, 0.29) is 23.0 Å². The summed E-state index contributed by atoms with van der Waals surface area (Å²) in [7, 11) is 0. The van der Waals surface area contributed by atoms with Gasteiger partial charge in [-0.25, -0.2) is 9.97 Å². The first-order valence-electron chi connectivity index (χ1n) is 12.8. The Morgan fingerprint density at radius 2 is 1.73 bits per heavy atom. The monoisotopic (exact) mass is 543 g/mol. The number of aromatic nitrogens is 4. The van der Waals surface area contributed by atoms with Crippen LogP contribution in [-0.4, -0.2) is 43.0 Å². The van der Waals surface area contributed by atoms with Crippen LogP contribution in [0.4, 0.5) is 5.82 Å². The first-order chi connectivity index (χ1) is 20.0. The van der Waals surface area contributed by atoms with E-state index in [1.54, 1.807) is 73.2 Å². The van der Waals surface area contributed by atoms with E-state index in [1.807, 2.05) is 10.8 Å². The zero-order valence-corrected chi connectivity index (χ0v) is 21.9. The van der Waals surface area contributed by atoms with Crippen molar-refractivity contribution in [2.45, 2.75) is 13.0 Å². The van der Waals surface area contributed by atoms with Crippen LogP contribution >= 0.6 is 0 Å². The Balaban J connectivity index is 1.49. The topological polar surface area (TPSA) is 146 Å². The molecule has 0 radical (unpaired) electrons. The molecule has 41 heavy (non-hydrogen) atoms. The number of nitrogens with one attached hydrogen (secondary N) is 2. The van der Waals surface area contributed by atoms with Crippen molar-refractivity contribution in [1.82, 2.24) is 24.8 Å². The van der Waals surface area contributed by atoms with Crippen LogP contribution in [-0.2, 0) is 6.54 Å². The van der Waals surface area contributed by atoms with Gasteiger partial charge in [0.15, 0.2) is 5.82 Å². The second-order valence-electron chi connectivity index (χ2n) is 9.09. The summed E-state index contributed by atoms with van der Waals surface area (Å²) in [6.07, 6.45) is 9.01. The highest BCUT2D eigenvalue weighted by molar-refractivity contribution is 6.05. The molecule has 3 aromatic heterocycles. The van der Waals surface area contributed by atoms with Gasteiger partial charge >= 0.3 is 0 Å². The molecule has 0 saturated carbocycles. The number of imidazole rings is 1. The highest BCUT2D eigenvalue weighted by atomic mass is 16.3. The third-order valence-electron chi connectivity index (χ3n) is 6.36. The maximum Gasteiger partial charge on any atom is 0.256 e. The van der Waals surface area contributed by atoms with E-state index in [0.717, 1.165) is 13.0 Å². The van der Waals surface area contributed by atoms with Gasteiger partial charge in [0.25, 0.3) is 11.8 Å². The maximum atomic E-state index is 13.0. The van der Waals surface area contributed by atoms with Crippen LogP contribution in [0.25, 0.3) is 22.4 Å². The van der Waals surface area contributed by atoms with Crippen molar-refractivity contribution in [3.63, 3.8) is 0 Å². The number of aromatic hydroxyl groups is 1. The van der Waals surface area contributed by atoms with Crippen LogP contribution in [0.1, 0.15) is 32.7 Å². The molecular weight excluding hydrogens is 518 g/mol. The Morgan fingerprint density at radius 1 is 0.902 bits per heavy atom. The zero-order chi connectivity index (χ0) is 28.6. The Labute approximate surface area is 236 Å². The number of hydrogen-bond donors (Lipinski definition) is 3. The largest absolute Gasteiger partial charge is 0.507 e. The molecule has 10 heteroatoms. The quantitative estimate of drug-likeness (QED) is 0.229. The second-order valence-corrected chi connectivity index (χ2v) is 9.09. The number of rotatable bonds is 9. The van der Waals surface area contributed by atoms with E-state index in [9.17, 15) is 20.0 Å². The molecule has 2 aromatic carbocycles. The fourth-order valence-corrected chi connectivity index (χ4v) is 4.30. The fourth-order valence-electron chi connectivity index (χ4n) is 4.30. The molecule has 10 nitrogen and oxygen atoms in total. The number of nitrogens with zero attached hydrogens (tertiary/aromatic N) is 5. The van der Waals surface area contributed by atoms with Gasteiger partial charge in [-0.3, -0.25) is 14.6 Å². The van der Waals surface area contributed by atoms with E-state index in [1.165, 1.54) is 18.5 Å². The number of benzene rings is 2. The van der Waals surface area contributed by atoms with E-state index in [2.05, 4.69) is 31.7 Å². The van der Waals surface area contributed by atoms with E-state index in [4.69, 9.17) is 0 Å². The van der Waals surface area contributed by atoms with Gasteiger partial charge in [-0.2, -0.15) is 5.26 Å². The van der Waals surface area contributed by atoms with E-state index in [0.29, 0.717) is 40.1 Å². The molecule has 0 saturated heterocycles. The molecule has 5 aromatic rings. The molecule has 0 unspecified atom stereocenters.